The van der Waals surface area contributed by atoms with E-state index in [2.05, 4.69) is 34.9 Å². The summed E-state index contributed by atoms with van der Waals surface area (Å²) in [7, 11) is 4.33. The Hall–Kier alpha value is -1.02. The second-order valence-corrected chi connectivity index (χ2v) is 4.90. The molecule has 0 bridgehead atoms. The molecule has 0 saturated carbocycles. The number of hydrogen-bond acceptors (Lipinski definition) is 1. The van der Waals surface area contributed by atoms with Crippen LogP contribution in [0.4, 0.5) is 5.69 Å². The average molecular weight is 208 g/mol. The van der Waals surface area contributed by atoms with E-state index in [0.717, 1.165) is 11.0 Å². The van der Waals surface area contributed by atoms with Crippen LogP contribution in [0.1, 0.15) is 32.3 Å². The number of quaternary nitrogens is 1. The van der Waals surface area contributed by atoms with Gasteiger partial charge in [-0.2, -0.15) is 0 Å². The van der Waals surface area contributed by atoms with Crippen LogP contribution in [0.5, 0.6) is 5.75 Å². The van der Waals surface area contributed by atoms with E-state index in [1.54, 1.807) is 6.07 Å². The fraction of sp³-hybridized carbons (Fsp3) is 0.538. The summed E-state index contributed by atoms with van der Waals surface area (Å²) in [5.41, 5.74) is 2.53. The van der Waals surface area contributed by atoms with E-state index in [0.29, 0.717) is 11.7 Å². The van der Waals surface area contributed by atoms with Crippen LogP contribution < -0.4 is 4.48 Å². The van der Waals surface area contributed by atoms with Gasteiger partial charge in [0.1, 0.15) is 11.4 Å². The maximum Gasteiger partial charge on any atom is 0.139 e. The molecule has 0 saturated heterocycles. The van der Waals surface area contributed by atoms with Gasteiger partial charge in [-0.15, -0.1) is 0 Å². The Bertz CT molecular complexity index is 342. The fourth-order valence-electron chi connectivity index (χ4n) is 1.71. The molecule has 0 heterocycles. The Morgan fingerprint density at radius 3 is 2.33 bits per heavy atom. The number of phenols is 1. The quantitative estimate of drug-likeness (QED) is 0.757. The van der Waals surface area contributed by atoms with E-state index >= 15 is 0 Å². The third kappa shape index (κ3) is 2.51. The first-order chi connectivity index (χ1) is 6.88. The predicted molar refractivity (Wildman–Crippen MR) is 66.4 cm³/mol. The predicted octanol–water partition coefficient (Wildman–Crippen LogP) is 3.10. The lowest BCUT2D eigenvalue weighted by Crippen LogP contribution is -2.40. The van der Waals surface area contributed by atoms with Crippen LogP contribution in [0.15, 0.2) is 18.2 Å². The number of benzene rings is 1. The molecule has 0 fully saturated rings. The van der Waals surface area contributed by atoms with Gasteiger partial charge in [0.15, 0.2) is 0 Å². The van der Waals surface area contributed by atoms with E-state index in [1.807, 2.05) is 12.1 Å². The number of nitrogens with zero attached hydrogens (tertiary/aromatic N) is 1. The molecule has 15 heavy (non-hydrogen) atoms. The van der Waals surface area contributed by atoms with Gasteiger partial charge in [-0.1, -0.05) is 13.8 Å². The molecule has 0 atom stereocenters. The van der Waals surface area contributed by atoms with E-state index in [9.17, 15) is 5.11 Å². The van der Waals surface area contributed by atoms with Gasteiger partial charge in [0.25, 0.3) is 0 Å². The van der Waals surface area contributed by atoms with E-state index in [4.69, 9.17) is 0 Å². The zero-order valence-corrected chi connectivity index (χ0v) is 10.4. The number of rotatable bonds is 3. The fourth-order valence-corrected chi connectivity index (χ4v) is 1.71. The van der Waals surface area contributed by atoms with Crippen LogP contribution in [0, 0.1) is 0 Å². The minimum atomic E-state index is 0.356. The van der Waals surface area contributed by atoms with Gasteiger partial charge in [0, 0.05) is 11.6 Å². The Morgan fingerprint density at radius 2 is 1.87 bits per heavy atom. The van der Waals surface area contributed by atoms with E-state index in [1.165, 1.54) is 11.3 Å². The SMILES string of the molecule is CC[N+](C)(C)c1cc(O)ccc1C(C)C. The molecule has 0 radical (unpaired) electrons. The summed E-state index contributed by atoms with van der Waals surface area (Å²) in [4.78, 5) is 0. The summed E-state index contributed by atoms with van der Waals surface area (Å²) in [5, 5.41) is 9.57. The van der Waals surface area contributed by atoms with Gasteiger partial charge in [0.05, 0.1) is 20.6 Å². The van der Waals surface area contributed by atoms with Crippen LogP contribution in [0.2, 0.25) is 0 Å². The normalized spacial score (nSPS) is 12.1. The van der Waals surface area contributed by atoms with Crippen molar-refractivity contribution in [2.75, 3.05) is 20.6 Å². The smallest absolute Gasteiger partial charge is 0.139 e. The first-order valence-corrected chi connectivity index (χ1v) is 5.55. The van der Waals surface area contributed by atoms with Crippen LogP contribution in [0.3, 0.4) is 0 Å². The van der Waals surface area contributed by atoms with Gasteiger partial charge < -0.3 is 5.11 Å². The van der Waals surface area contributed by atoms with Crippen LogP contribution in [0.25, 0.3) is 0 Å². The molecular weight excluding hydrogens is 186 g/mol. The molecule has 0 unspecified atom stereocenters. The summed E-state index contributed by atoms with van der Waals surface area (Å²) in [5.74, 6) is 0.846. The van der Waals surface area contributed by atoms with Crippen molar-refractivity contribution in [3.05, 3.63) is 23.8 Å². The van der Waals surface area contributed by atoms with Crippen LogP contribution >= 0.6 is 0 Å². The highest BCUT2D eigenvalue weighted by atomic mass is 16.3. The molecule has 0 aromatic heterocycles. The van der Waals surface area contributed by atoms with Gasteiger partial charge in [-0.25, -0.2) is 0 Å². The Morgan fingerprint density at radius 1 is 1.27 bits per heavy atom. The third-order valence-electron chi connectivity index (χ3n) is 3.08. The standard InChI is InChI=1S/C13H21NO/c1-6-14(4,5)13-9-11(15)7-8-12(13)10(2)3/h7-10H,6H2,1-5H3/p+1. The second-order valence-electron chi connectivity index (χ2n) is 4.90. The highest BCUT2D eigenvalue weighted by Crippen LogP contribution is 2.33. The topological polar surface area (TPSA) is 20.2 Å². The summed E-state index contributed by atoms with van der Waals surface area (Å²) in [6.45, 7) is 7.55. The monoisotopic (exact) mass is 208 g/mol. The van der Waals surface area contributed by atoms with Crippen molar-refractivity contribution in [1.29, 1.82) is 0 Å². The molecule has 1 N–H and O–H groups in total. The molecule has 2 heteroatoms. The lowest BCUT2D eigenvalue weighted by atomic mass is 9.99. The molecule has 0 aliphatic heterocycles. The number of aromatic hydroxyl groups is 1. The zero-order valence-electron chi connectivity index (χ0n) is 10.4. The molecular formula is C13H22NO+. The summed E-state index contributed by atoms with van der Waals surface area (Å²) in [6.07, 6.45) is 0. The Labute approximate surface area is 92.8 Å². The number of hydrogen-bond donors (Lipinski definition) is 1. The zero-order chi connectivity index (χ0) is 11.6. The Balaban J connectivity index is 3.30. The van der Waals surface area contributed by atoms with Crippen molar-refractivity contribution < 1.29 is 5.11 Å². The lowest BCUT2D eigenvalue weighted by Gasteiger charge is -2.30. The molecule has 0 aliphatic carbocycles. The van der Waals surface area contributed by atoms with Crippen molar-refractivity contribution >= 4 is 5.69 Å². The first-order valence-electron chi connectivity index (χ1n) is 5.55. The largest absolute Gasteiger partial charge is 0.508 e. The highest BCUT2D eigenvalue weighted by molar-refractivity contribution is 5.55. The average Bonchev–Trinajstić information content (AvgIpc) is 2.17. The van der Waals surface area contributed by atoms with E-state index in [-0.39, 0.29) is 0 Å². The molecule has 84 valence electrons. The Kier molecular flexibility index (Phi) is 3.40. The summed E-state index contributed by atoms with van der Waals surface area (Å²) < 4.78 is 0.807. The lowest BCUT2D eigenvalue weighted by molar-refractivity contribution is 0.411. The van der Waals surface area contributed by atoms with Crippen molar-refractivity contribution in [3.8, 4) is 5.75 Å². The maximum atomic E-state index is 9.57. The summed E-state index contributed by atoms with van der Waals surface area (Å²) >= 11 is 0. The second kappa shape index (κ2) is 4.23. The maximum absolute atomic E-state index is 9.57. The first kappa shape index (κ1) is 12.1. The third-order valence-corrected chi connectivity index (χ3v) is 3.08. The van der Waals surface area contributed by atoms with Crippen LogP contribution in [-0.4, -0.2) is 25.7 Å². The van der Waals surface area contributed by atoms with Crippen molar-refractivity contribution in [2.45, 2.75) is 26.7 Å². The summed E-state index contributed by atoms with van der Waals surface area (Å²) in [6, 6.07) is 5.69. The number of phenolic OH excluding ortho intramolecular Hbond substituents is 1. The molecule has 0 amide bonds. The van der Waals surface area contributed by atoms with Crippen LogP contribution in [-0.2, 0) is 0 Å². The molecule has 0 aliphatic rings. The minimum absolute atomic E-state index is 0.356. The molecule has 1 aromatic carbocycles. The highest BCUT2D eigenvalue weighted by Gasteiger charge is 2.22. The molecule has 0 spiro atoms. The molecule has 1 rings (SSSR count). The van der Waals surface area contributed by atoms with Gasteiger partial charge >= 0.3 is 0 Å². The molecule has 1 aromatic rings. The minimum Gasteiger partial charge on any atom is -0.508 e. The van der Waals surface area contributed by atoms with Crippen molar-refractivity contribution in [3.63, 3.8) is 0 Å². The van der Waals surface area contributed by atoms with Gasteiger partial charge in [-0.05, 0) is 25.0 Å². The van der Waals surface area contributed by atoms with Crippen molar-refractivity contribution in [2.24, 2.45) is 0 Å². The van der Waals surface area contributed by atoms with Gasteiger partial charge in [-0.3, -0.25) is 4.48 Å². The van der Waals surface area contributed by atoms with E-state index < -0.39 is 0 Å². The molecule has 2 nitrogen and oxygen atoms in total. The van der Waals surface area contributed by atoms with Gasteiger partial charge in [0.2, 0.25) is 0 Å². The van der Waals surface area contributed by atoms with Crippen molar-refractivity contribution in [1.82, 2.24) is 4.48 Å².